The summed E-state index contributed by atoms with van der Waals surface area (Å²) in [6.45, 7) is 0. The number of aromatic nitrogens is 3. The van der Waals surface area contributed by atoms with E-state index in [2.05, 4.69) is 26.1 Å². The van der Waals surface area contributed by atoms with Gasteiger partial charge in [0.15, 0.2) is 10.4 Å². The fourth-order valence-electron chi connectivity index (χ4n) is 0.906. The molecule has 0 aromatic carbocycles. The Morgan fingerprint density at radius 1 is 1.38 bits per heavy atom. The quantitative estimate of drug-likeness (QED) is 0.716. The molecule has 2 aromatic heterocycles. The number of nitrogens with two attached hydrogens (primary N) is 2. The molecule has 2 rings (SSSR count). The van der Waals surface area contributed by atoms with Crippen molar-refractivity contribution in [2.75, 3.05) is 11.6 Å². The van der Waals surface area contributed by atoms with Gasteiger partial charge in [-0.15, -0.1) is 10.2 Å². The highest BCUT2D eigenvalue weighted by Crippen LogP contribution is 2.22. The van der Waals surface area contributed by atoms with Gasteiger partial charge in [0, 0.05) is 0 Å². The van der Waals surface area contributed by atoms with Crippen LogP contribution >= 0.6 is 15.9 Å². The van der Waals surface area contributed by atoms with Gasteiger partial charge in [0.1, 0.15) is 0 Å². The monoisotopic (exact) mass is 243 g/mol. The Kier molecular flexibility index (Phi) is 1.73. The molecule has 6 nitrogen and oxygen atoms in total. The maximum Gasteiger partial charge on any atom is 0.241 e. The largest absolute Gasteiger partial charge is 0.446 e. The van der Waals surface area contributed by atoms with Crippen LogP contribution in [0.25, 0.3) is 11.6 Å². The van der Waals surface area contributed by atoms with Gasteiger partial charge in [-0.1, -0.05) is 0 Å². The third-order valence-electron chi connectivity index (χ3n) is 1.52. The van der Waals surface area contributed by atoms with Gasteiger partial charge in [0.05, 0.1) is 0 Å². The summed E-state index contributed by atoms with van der Waals surface area (Å²) in [5.41, 5.74) is 5.40. The first-order chi connectivity index (χ1) is 6.18. The van der Waals surface area contributed by atoms with E-state index < -0.39 is 0 Å². The molecular weight excluding hydrogens is 238 g/mol. The second-order valence-corrected chi connectivity index (χ2v) is 3.14. The van der Waals surface area contributed by atoms with Gasteiger partial charge in [-0.25, -0.2) is 4.68 Å². The summed E-state index contributed by atoms with van der Waals surface area (Å²) < 4.78 is 6.98. The smallest absolute Gasteiger partial charge is 0.241 e. The van der Waals surface area contributed by atoms with Crippen molar-refractivity contribution in [3.63, 3.8) is 0 Å². The molecule has 0 atom stereocenters. The van der Waals surface area contributed by atoms with Crippen molar-refractivity contribution in [2.24, 2.45) is 0 Å². The summed E-state index contributed by atoms with van der Waals surface area (Å²) in [7, 11) is 0. The van der Waals surface area contributed by atoms with Crippen LogP contribution in [0, 0.1) is 0 Å². The molecule has 2 aromatic rings. The highest BCUT2D eigenvalue weighted by atomic mass is 79.9. The third kappa shape index (κ3) is 1.26. The number of furan rings is 1. The van der Waals surface area contributed by atoms with E-state index in [0.29, 0.717) is 16.3 Å². The number of nitrogens with zero attached hydrogens (tertiary/aromatic N) is 3. The SMILES string of the molecule is Nc1nnc(-c2ccc(Br)o2)n1N. The van der Waals surface area contributed by atoms with Crippen molar-refractivity contribution in [1.82, 2.24) is 14.9 Å². The molecule has 7 heteroatoms. The predicted molar refractivity (Wildman–Crippen MR) is 50.0 cm³/mol. The van der Waals surface area contributed by atoms with Crippen molar-refractivity contribution in [1.29, 1.82) is 0 Å². The van der Waals surface area contributed by atoms with E-state index in [1.165, 1.54) is 0 Å². The van der Waals surface area contributed by atoms with Crippen LogP contribution < -0.4 is 11.6 Å². The normalized spacial score (nSPS) is 10.5. The van der Waals surface area contributed by atoms with Crippen LogP contribution in [0.2, 0.25) is 0 Å². The number of halogens is 1. The second kappa shape index (κ2) is 2.77. The van der Waals surface area contributed by atoms with Gasteiger partial charge >= 0.3 is 0 Å². The standard InChI is InChI=1S/C6H6BrN5O/c7-4-2-1-3(13-4)5-10-11-6(8)12(5)9/h1-2H,9H2,(H2,8,11). The summed E-state index contributed by atoms with van der Waals surface area (Å²) in [6.07, 6.45) is 0. The predicted octanol–water partition coefficient (Wildman–Crippen LogP) is 0.597. The van der Waals surface area contributed by atoms with E-state index in [-0.39, 0.29) is 5.95 Å². The Labute approximate surface area is 81.6 Å². The van der Waals surface area contributed by atoms with E-state index in [9.17, 15) is 0 Å². The number of rotatable bonds is 1. The Bertz CT molecular complexity index is 434. The minimum atomic E-state index is 0.141. The lowest BCUT2D eigenvalue weighted by atomic mass is 10.4. The minimum absolute atomic E-state index is 0.141. The molecule has 0 aliphatic rings. The Morgan fingerprint density at radius 3 is 2.62 bits per heavy atom. The highest BCUT2D eigenvalue weighted by Gasteiger charge is 2.12. The zero-order chi connectivity index (χ0) is 9.42. The van der Waals surface area contributed by atoms with Crippen molar-refractivity contribution < 1.29 is 4.42 Å². The molecule has 0 aliphatic heterocycles. The van der Waals surface area contributed by atoms with Gasteiger partial charge in [0.25, 0.3) is 0 Å². The van der Waals surface area contributed by atoms with Crippen LogP contribution in [0.4, 0.5) is 5.95 Å². The number of nitrogen functional groups attached to an aromatic ring is 2. The van der Waals surface area contributed by atoms with Crippen LogP contribution in [0.15, 0.2) is 21.2 Å². The van der Waals surface area contributed by atoms with Crippen molar-refractivity contribution in [3.05, 3.63) is 16.8 Å². The Hall–Kier alpha value is -1.50. The van der Waals surface area contributed by atoms with E-state index in [1.807, 2.05) is 0 Å². The summed E-state index contributed by atoms with van der Waals surface area (Å²) >= 11 is 3.16. The zero-order valence-corrected chi connectivity index (χ0v) is 8.02. The summed E-state index contributed by atoms with van der Waals surface area (Å²) in [6, 6.07) is 3.46. The number of hydrogen-bond donors (Lipinski definition) is 2. The third-order valence-corrected chi connectivity index (χ3v) is 1.94. The lowest BCUT2D eigenvalue weighted by Gasteiger charge is -1.95. The molecule has 0 spiro atoms. The van der Waals surface area contributed by atoms with Crippen molar-refractivity contribution in [3.8, 4) is 11.6 Å². The Balaban J connectivity index is 2.52. The molecule has 0 aliphatic carbocycles. The first-order valence-corrected chi connectivity index (χ1v) is 4.19. The van der Waals surface area contributed by atoms with Crippen LogP contribution in [0.5, 0.6) is 0 Å². The molecule has 0 radical (unpaired) electrons. The number of hydrogen-bond acceptors (Lipinski definition) is 5. The summed E-state index contributed by atoms with van der Waals surface area (Å²) in [5.74, 6) is 6.58. The van der Waals surface area contributed by atoms with Gasteiger partial charge in [0.2, 0.25) is 11.8 Å². The van der Waals surface area contributed by atoms with Crippen molar-refractivity contribution >= 4 is 21.9 Å². The first kappa shape index (κ1) is 8.11. The topological polar surface area (TPSA) is 95.9 Å². The van der Waals surface area contributed by atoms with Crippen LogP contribution in [0.1, 0.15) is 0 Å². The molecule has 4 N–H and O–H groups in total. The van der Waals surface area contributed by atoms with E-state index in [0.717, 1.165) is 4.68 Å². The molecule has 13 heavy (non-hydrogen) atoms. The summed E-state index contributed by atoms with van der Waals surface area (Å²) in [5, 5.41) is 7.34. The minimum Gasteiger partial charge on any atom is -0.446 e. The molecule has 0 fully saturated rings. The molecule has 0 saturated heterocycles. The molecule has 0 saturated carbocycles. The lowest BCUT2D eigenvalue weighted by molar-refractivity contribution is 0.549. The van der Waals surface area contributed by atoms with Gasteiger partial charge in [-0.05, 0) is 28.1 Å². The molecule has 68 valence electrons. The molecule has 0 bridgehead atoms. The van der Waals surface area contributed by atoms with Crippen molar-refractivity contribution in [2.45, 2.75) is 0 Å². The highest BCUT2D eigenvalue weighted by molar-refractivity contribution is 9.10. The zero-order valence-electron chi connectivity index (χ0n) is 6.44. The molecule has 2 heterocycles. The molecule has 0 unspecified atom stereocenters. The van der Waals surface area contributed by atoms with E-state index >= 15 is 0 Å². The molecular formula is C6H6BrN5O. The number of anilines is 1. The maximum atomic E-state index is 5.54. The van der Waals surface area contributed by atoms with Crippen LogP contribution in [-0.2, 0) is 0 Å². The fraction of sp³-hybridized carbons (Fsp3) is 0. The lowest BCUT2D eigenvalue weighted by Crippen LogP contribution is -2.13. The average molecular weight is 244 g/mol. The molecule has 0 amide bonds. The van der Waals surface area contributed by atoms with Gasteiger partial charge in [-0.2, -0.15) is 0 Å². The Morgan fingerprint density at radius 2 is 2.15 bits per heavy atom. The maximum absolute atomic E-state index is 5.54. The van der Waals surface area contributed by atoms with E-state index in [1.54, 1.807) is 12.1 Å². The average Bonchev–Trinajstić information content (AvgIpc) is 2.62. The van der Waals surface area contributed by atoms with Gasteiger partial charge < -0.3 is 16.0 Å². The van der Waals surface area contributed by atoms with Crippen LogP contribution in [-0.4, -0.2) is 14.9 Å². The fourth-order valence-corrected chi connectivity index (χ4v) is 1.21. The van der Waals surface area contributed by atoms with Gasteiger partial charge in [-0.3, -0.25) is 0 Å². The van der Waals surface area contributed by atoms with Crippen LogP contribution in [0.3, 0.4) is 0 Å². The first-order valence-electron chi connectivity index (χ1n) is 3.40. The second-order valence-electron chi connectivity index (χ2n) is 2.36. The summed E-state index contributed by atoms with van der Waals surface area (Å²) in [4.78, 5) is 0. The van der Waals surface area contributed by atoms with E-state index in [4.69, 9.17) is 16.0 Å².